The number of methoxy groups -OCH3 is 3. The molecule has 3 rings (SSSR count). The summed E-state index contributed by atoms with van der Waals surface area (Å²) in [4.78, 5) is 12.6. The molecule has 0 aliphatic carbocycles. The van der Waals surface area contributed by atoms with Crippen molar-refractivity contribution in [2.75, 3.05) is 21.3 Å². The molecule has 0 atom stereocenters. The van der Waals surface area contributed by atoms with Gasteiger partial charge in [0.05, 0.1) is 38.8 Å². The van der Waals surface area contributed by atoms with Crippen LogP contribution < -0.4 is 19.6 Å². The van der Waals surface area contributed by atoms with Gasteiger partial charge in [0.1, 0.15) is 0 Å². The number of nitrogens with zero attached hydrogens (tertiary/aromatic N) is 2. The van der Waals surface area contributed by atoms with Crippen LogP contribution >= 0.6 is 0 Å². The van der Waals surface area contributed by atoms with E-state index in [1.54, 1.807) is 18.2 Å². The number of amides is 1. The van der Waals surface area contributed by atoms with Crippen molar-refractivity contribution in [3.05, 3.63) is 72.1 Å². The quantitative estimate of drug-likeness (QED) is 0.505. The molecule has 2 aromatic carbocycles. The summed E-state index contributed by atoms with van der Waals surface area (Å²) in [6.07, 6.45) is 5.28. The van der Waals surface area contributed by atoms with Crippen molar-refractivity contribution in [1.29, 1.82) is 0 Å². The number of para-hydroxylation sites is 1. The number of benzene rings is 2. The van der Waals surface area contributed by atoms with E-state index in [0.29, 0.717) is 28.4 Å². The van der Waals surface area contributed by atoms with Gasteiger partial charge in [-0.25, -0.2) is 5.43 Å². The second kappa shape index (κ2) is 8.77. The molecule has 28 heavy (non-hydrogen) atoms. The highest BCUT2D eigenvalue weighted by atomic mass is 16.5. The number of ether oxygens (including phenoxy) is 3. The highest BCUT2D eigenvalue weighted by Crippen LogP contribution is 2.37. The van der Waals surface area contributed by atoms with Crippen molar-refractivity contribution in [3.8, 4) is 22.9 Å². The van der Waals surface area contributed by atoms with E-state index in [2.05, 4.69) is 10.5 Å². The molecular formula is C21H21N3O4. The fraction of sp³-hybridized carbons (Fsp3) is 0.143. The van der Waals surface area contributed by atoms with Crippen LogP contribution in [-0.4, -0.2) is 38.0 Å². The van der Waals surface area contributed by atoms with Crippen molar-refractivity contribution in [2.24, 2.45) is 5.10 Å². The van der Waals surface area contributed by atoms with Gasteiger partial charge < -0.3 is 18.8 Å². The third kappa shape index (κ3) is 3.98. The molecule has 1 N–H and O–H groups in total. The number of hydrogen-bond donors (Lipinski definition) is 1. The van der Waals surface area contributed by atoms with Crippen LogP contribution in [0.25, 0.3) is 5.69 Å². The third-order valence-corrected chi connectivity index (χ3v) is 4.10. The van der Waals surface area contributed by atoms with Crippen LogP contribution in [0.15, 0.2) is 66.0 Å². The molecule has 1 heterocycles. The lowest BCUT2D eigenvalue weighted by molar-refractivity contribution is 0.0955. The summed E-state index contributed by atoms with van der Waals surface area (Å²) in [5.41, 5.74) is 4.53. The maximum absolute atomic E-state index is 12.6. The molecule has 1 aromatic heterocycles. The molecule has 7 heteroatoms. The molecule has 0 saturated heterocycles. The van der Waals surface area contributed by atoms with E-state index in [0.717, 1.165) is 5.69 Å². The van der Waals surface area contributed by atoms with Crippen molar-refractivity contribution in [3.63, 3.8) is 0 Å². The Morgan fingerprint density at radius 3 is 2.21 bits per heavy atom. The van der Waals surface area contributed by atoms with Gasteiger partial charge in [-0.15, -0.1) is 0 Å². The highest BCUT2D eigenvalue weighted by molar-refractivity contribution is 5.98. The Kier molecular flexibility index (Phi) is 5.96. The van der Waals surface area contributed by atoms with Gasteiger partial charge in [0.15, 0.2) is 11.5 Å². The Bertz CT molecular complexity index is 956. The molecule has 0 bridgehead atoms. The van der Waals surface area contributed by atoms with E-state index in [9.17, 15) is 4.79 Å². The Hall–Kier alpha value is -3.74. The molecule has 0 aliphatic rings. The number of aromatic nitrogens is 1. The molecule has 144 valence electrons. The highest BCUT2D eigenvalue weighted by Gasteiger charge is 2.13. The van der Waals surface area contributed by atoms with Crippen LogP contribution in [0.2, 0.25) is 0 Å². The summed E-state index contributed by atoms with van der Waals surface area (Å²) < 4.78 is 17.8. The number of hydrazone groups is 1. The smallest absolute Gasteiger partial charge is 0.273 e. The molecule has 7 nitrogen and oxygen atoms in total. The number of rotatable bonds is 7. The van der Waals surface area contributed by atoms with Gasteiger partial charge in [-0.3, -0.25) is 4.79 Å². The average molecular weight is 379 g/mol. The van der Waals surface area contributed by atoms with E-state index in [1.165, 1.54) is 27.5 Å². The Balaban J connectivity index is 1.80. The predicted octanol–water partition coefficient (Wildman–Crippen LogP) is 3.27. The zero-order valence-corrected chi connectivity index (χ0v) is 15.9. The first kappa shape index (κ1) is 19.0. The van der Waals surface area contributed by atoms with Gasteiger partial charge in [-0.1, -0.05) is 12.1 Å². The summed E-state index contributed by atoms with van der Waals surface area (Å²) in [5, 5.41) is 4.06. The number of carbonyl (C=O) groups is 1. The van der Waals surface area contributed by atoms with E-state index < -0.39 is 0 Å². The van der Waals surface area contributed by atoms with Crippen LogP contribution in [0.5, 0.6) is 17.2 Å². The van der Waals surface area contributed by atoms with Crippen molar-refractivity contribution in [1.82, 2.24) is 9.99 Å². The first-order valence-corrected chi connectivity index (χ1v) is 8.53. The van der Waals surface area contributed by atoms with Crippen LogP contribution in [-0.2, 0) is 0 Å². The standard InChI is InChI=1S/C21H21N3O4/c1-26-18-12-15(13-19(27-2)20(18)28-3)14-22-23-21(25)16-8-4-5-9-17(16)24-10-6-7-11-24/h4-14H,1-3H3,(H,23,25)/b22-14+. The maximum Gasteiger partial charge on any atom is 0.273 e. The van der Waals surface area contributed by atoms with Crippen molar-refractivity contribution < 1.29 is 19.0 Å². The zero-order valence-electron chi connectivity index (χ0n) is 15.9. The van der Waals surface area contributed by atoms with Crippen LogP contribution in [0.3, 0.4) is 0 Å². The molecule has 3 aromatic rings. The normalized spacial score (nSPS) is 10.7. The lowest BCUT2D eigenvalue weighted by atomic mass is 10.1. The average Bonchev–Trinajstić information content (AvgIpc) is 3.27. The molecule has 0 fully saturated rings. The molecule has 0 saturated carbocycles. The summed E-state index contributed by atoms with van der Waals surface area (Å²) in [5.74, 6) is 1.19. The number of carbonyl (C=O) groups excluding carboxylic acids is 1. The second-order valence-corrected chi connectivity index (χ2v) is 5.77. The SMILES string of the molecule is COc1cc(/C=N/NC(=O)c2ccccc2-n2cccc2)cc(OC)c1OC. The van der Waals surface area contributed by atoms with Gasteiger partial charge in [0.25, 0.3) is 5.91 Å². The first-order valence-electron chi connectivity index (χ1n) is 8.53. The largest absolute Gasteiger partial charge is 0.493 e. The zero-order chi connectivity index (χ0) is 19.9. The minimum absolute atomic E-state index is 0.312. The van der Waals surface area contributed by atoms with Gasteiger partial charge in [-0.2, -0.15) is 5.10 Å². The predicted molar refractivity (Wildman–Crippen MR) is 107 cm³/mol. The summed E-state index contributed by atoms with van der Waals surface area (Å²) in [6.45, 7) is 0. The van der Waals surface area contributed by atoms with Gasteiger partial charge in [0.2, 0.25) is 5.75 Å². The summed E-state index contributed by atoms with van der Waals surface area (Å²) in [6, 6.07) is 14.6. The fourth-order valence-corrected chi connectivity index (χ4v) is 2.79. The lowest BCUT2D eigenvalue weighted by Crippen LogP contribution is -2.19. The van der Waals surface area contributed by atoms with E-state index >= 15 is 0 Å². The van der Waals surface area contributed by atoms with Crippen LogP contribution in [0, 0.1) is 0 Å². The molecule has 0 aliphatic heterocycles. The van der Waals surface area contributed by atoms with Gasteiger partial charge >= 0.3 is 0 Å². The van der Waals surface area contributed by atoms with E-state index in [1.807, 2.05) is 47.3 Å². The Labute approximate surface area is 163 Å². The fourth-order valence-electron chi connectivity index (χ4n) is 2.79. The van der Waals surface area contributed by atoms with Crippen molar-refractivity contribution >= 4 is 12.1 Å². The minimum atomic E-state index is -0.312. The van der Waals surface area contributed by atoms with E-state index in [-0.39, 0.29) is 5.91 Å². The molecule has 0 spiro atoms. The monoisotopic (exact) mass is 379 g/mol. The van der Waals surface area contributed by atoms with Crippen molar-refractivity contribution in [2.45, 2.75) is 0 Å². The lowest BCUT2D eigenvalue weighted by Gasteiger charge is -2.12. The van der Waals surface area contributed by atoms with Crippen LogP contribution in [0.4, 0.5) is 0 Å². The third-order valence-electron chi connectivity index (χ3n) is 4.10. The molecule has 1 amide bonds. The van der Waals surface area contributed by atoms with Gasteiger partial charge in [-0.05, 0) is 36.4 Å². The van der Waals surface area contributed by atoms with Crippen LogP contribution in [0.1, 0.15) is 15.9 Å². The second-order valence-electron chi connectivity index (χ2n) is 5.77. The van der Waals surface area contributed by atoms with E-state index in [4.69, 9.17) is 14.2 Å². The molecule has 0 unspecified atom stereocenters. The molecule has 0 radical (unpaired) electrons. The summed E-state index contributed by atoms with van der Waals surface area (Å²) in [7, 11) is 4.62. The van der Waals surface area contributed by atoms with Gasteiger partial charge in [0, 0.05) is 18.0 Å². The Morgan fingerprint density at radius 2 is 1.61 bits per heavy atom. The topological polar surface area (TPSA) is 74.1 Å². The summed E-state index contributed by atoms with van der Waals surface area (Å²) >= 11 is 0. The minimum Gasteiger partial charge on any atom is -0.493 e. The Morgan fingerprint density at radius 1 is 0.964 bits per heavy atom. The molecular weight excluding hydrogens is 358 g/mol. The number of nitrogens with one attached hydrogen (secondary N) is 1. The number of hydrogen-bond acceptors (Lipinski definition) is 5. The maximum atomic E-state index is 12.6. The first-order chi connectivity index (χ1) is 13.7.